The van der Waals surface area contributed by atoms with Crippen LogP contribution in [0.4, 0.5) is 5.69 Å². The lowest BCUT2D eigenvalue weighted by atomic mass is 10.0. The number of hydrogen-bond acceptors (Lipinski definition) is 9. The van der Waals surface area contributed by atoms with Crippen LogP contribution in [0.5, 0.6) is 0 Å². The number of Topliss-reactive ketones (excluding diaryl/α,β-unsaturated/α-hetero) is 1. The van der Waals surface area contributed by atoms with Crippen LogP contribution in [0.2, 0.25) is 0 Å². The Bertz CT molecular complexity index is 2620. The molecule has 4 aromatic carbocycles. The molecule has 0 bridgehead atoms. The summed E-state index contributed by atoms with van der Waals surface area (Å²) in [4.78, 5) is 32.5. The number of carboxylic acid groups (broad SMARTS) is 1. The Morgan fingerprint density at radius 3 is 1.62 bits per heavy atom. The third kappa shape index (κ3) is 8.70. The van der Waals surface area contributed by atoms with Crippen LogP contribution in [0.1, 0.15) is 37.4 Å². The summed E-state index contributed by atoms with van der Waals surface area (Å²) < 4.78 is 46.5. The number of anilines is 1. The Hall–Kier alpha value is -6.50. The number of nitrogen functional groups attached to an aromatic ring is 1. The fourth-order valence-corrected chi connectivity index (χ4v) is 7.96. The highest BCUT2D eigenvalue weighted by molar-refractivity contribution is 7.95. The molecule has 8 rings (SSSR count). The zero-order valence-corrected chi connectivity index (χ0v) is 29.5. The van der Waals surface area contributed by atoms with E-state index in [1.807, 2.05) is 60.7 Å². The van der Waals surface area contributed by atoms with Gasteiger partial charge >= 0.3 is 5.97 Å². The maximum absolute atomic E-state index is 12.7. The molecular weight excluding hydrogens is 711 g/mol. The molecule has 0 amide bonds. The molecule has 6 aromatic rings. The van der Waals surface area contributed by atoms with Gasteiger partial charge < -0.3 is 10.8 Å². The molecule has 0 unspecified atom stereocenters. The van der Waals surface area contributed by atoms with Gasteiger partial charge in [-0.15, -0.1) is 0 Å². The van der Waals surface area contributed by atoms with Gasteiger partial charge in [0.05, 0.1) is 26.7 Å². The van der Waals surface area contributed by atoms with Crippen LogP contribution in [0, 0.1) is 0 Å². The van der Waals surface area contributed by atoms with E-state index in [-0.39, 0.29) is 22.7 Å². The summed E-state index contributed by atoms with van der Waals surface area (Å²) in [7, 11) is -6.56. The zero-order chi connectivity index (χ0) is 37.6. The molecule has 3 N–H and O–H groups in total. The Kier molecular flexibility index (Phi) is 10.5. The van der Waals surface area contributed by atoms with Gasteiger partial charge in [0.2, 0.25) is 9.84 Å². The van der Waals surface area contributed by atoms with Gasteiger partial charge in [-0.2, -0.15) is 0 Å². The lowest BCUT2D eigenvalue weighted by Gasteiger charge is -2.06. The van der Waals surface area contributed by atoms with E-state index in [1.54, 1.807) is 66.9 Å². The fourth-order valence-electron chi connectivity index (χ4n) is 5.47. The minimum Gasteiger partial charge on any atom is -0.478 e. The summed E-state index contributed by atoms with van der Waals surface area (Å²) in [6, 6.07) is 35.6. The van der Waals surface area contributed by atoms with Gasteiger partial charge in [0.1, 0.15) is 0 Å². The van der Waals surface area contributed by atoms with Crippen LogP contribution >= 0.6 is 0 Å². The van der Waals surface area contributed by atoms with E-state index in [0.29, 0.717) is 38.5 Å². The predicted octanol–water partition coefficient (Wildman–Crippen LogP) is 7.41. The molecule has 53 heavy (non-hydrogen) atoms. The first-order chi connectivity index (χ1) is 25.4. The van der Waals surface area contributed by atoms with Crippen molar-refractivity contribution in [3.63, 3.8) is 0 Å². The molecule has 0 saturated heterocycles. The average molecular weight is 742 g/mol. The van der Waals surface area contributed by atoms with Crippen molar-refractivity contribution in [2.24, 2.45) is 0 Å². The molecule has 264 valence electrons. The molecule has 2 aliphatic heterocycles. The minimum atomic E-state index is -3.37. The number of nitrogens with two attached hydrogens (primary N) is 1. The number of benzene rings is 4. The monoisotopic (exact) mass is 741 g/mol. The number of rotatable bonds is 6. The van der Waals surface area contributed by atoms with E-state index in [2.05, 4.69) is 9.97 Å². The van der Waals surface area contributed by atoms with Crippen molar-refractivity contribution in [3.05, 3.63) is 172 Å². The first-order valence-electron chi connectivity index (χ1n) is 16.1. The van der Waals surface area contributed by atoms with E-state index in [1.165, 1.54) is 29.1 Å². The van der Waals surface area contributed by atoms with Crippen molar-refractivity contribution in [1.82, 2.24) is 9.97 Å². The third-order valence-electron chi connectivity index (χ3n) is 8.17. The predicted molar refractivity (Wildman–Crippen MR) is 204 cm³/mol. The normalized spacial score (nSPS) is 13.7. The van der Waals surface area contributed by atoms with Crippen LogP contribution < -0.4 is 5.73 Å². The third-order valence-corrected chi connectivity index (χ3v) is 11.1. The SMILES string of the molecule is Nc1ccc2c(c1)S(=O)(=O)C=C2.O=C(Cc1ccc2c(c1)S(=O)(=O)C=C2)c1ccnc(-c2ccccc2)c1.O=C(O)c1ccnc(-c2ccccc2)c1. The molecule has 0 aliphatic carbocycles. The molecule has 2 aliphatic rings. The largest absolute Gasteiger partial charge is 0.478 e. The van der Waals surface area contributed by atoms with Crippen LogP contribution in [-0.2, 0) is 26.1 Å². The van der Waals surface area contributed by atoms with Gasteiger partial charge in [0.25, 0.3) is 0 Å². The number of aromatic carboxylic acids is 1. The van der Waals surface area contributed by atoms with Gasteiger partial charge in [-0.3, -0.25) is 14.8 Å². The topological polar surface area (TPSA) is 174 Å². The number of fused-ring (bicyclic) bond motifs is 2. The molecule has 12 heteroatoms. The van der Waals surface area contributed by atoms with Crippen molar-refractivity contribution in [1.29, 1.82) is 0 Å². The molecule has 0 atom stereocenters. The second kappa shape index (κ2) is 15.4. The summed E-state index contributed by atoms with van der Waals surface area (Å²) in [5.74, 6) is -1.01. The summed E-state index contributed by atoms with van der Waals surface area (Å²) in [5.41, 5.74) is 12.1. The van der Waals surface area contributed by atoms with Crippen molar-refractivity contribution in [3.8, 4) is 22.5 Å². The van der Waals surface area contributed by atoms with Gasteiger partial charge in [0, 0.05) is 52.0 Å². The van der Waals surface area contributed by atoms with Crippen molar-refractivity contribution in [2.45, 2.75) is 16.2 Å². The van der Waals surface area contributed by atoms with E-state index < -0.39 is 25.6 Å². The van der Waals surface area contributed by atoms with E-state index in [9.17, 15) is 26.4 Å². The summed E-state index contributed by atoms with van der Waals surface area (Å²) in [6.45, 7) is 0. The van der Waals surface area contributed by atoms with Crippen molar-refractivity contribution >= 4 is 49.3 Å². The Labute approximate surface area is 306 Å². The quantitative estimate of drug-likeness (QED) is 0.129. The van der Waals surface area contributed by atoms with Crippen LogP contribution in [-0.4, -0.2) is 43.7 Å². The number of ketones is 1. The van der Waals surface area contributed by atoms with Gasteiger partial charge in [-0.05, 0) is 71.3 Å². The van der Waals surface area contributed by atoms with Crippen LogP contribution in [0.15, 0.2) is 154 Å². The standard InChI is InChI=1S/C21H15NO3S.C12H9NO2.C8H7NO2S/c23-20(12-15-6-7-17-9-11-26(24,25)21(17)13-15)18-8-10-22-19(14-18)16-4-2-1-3-5-16;14-12(15)10-6-7-13-11(8-10)9-4-2-1-3-5-9;9-7-2-1-6-3-4-12(10,11)8(6)5-7/h1-11,13-14H,12H2;1-8H,(H,14,15);1-5H,9H2. The van der Waals surface area contributed by atoms with E-state index in [0.717, 1.165) is 16.8 Å². The maximum Gasteiger partial charge on any atom is 0.335 e. The van der Waals surface area contributed by atoms with Crippen molar-refractivity contribution < 1.29 is 31.5 Å². The Morgan fingerprint density at radius 1 is 0.585 bits per heavy atom. The van der Waals surface area contributed by atoms with Gasteiger partial charge in [0.15, 0.2) is 15.6 Å². The molecule has 0 radical (unpaired) electrons. The average Bonchev–Trinajstić information content (AvgIpc) is 3.65. The fraction of sp³-hybridized carbons (Fsp3) is 0.0244. The number of pyridine rings is 2. The number of carbonyl (C=O) groups is 2. The Balaban J connectivity index is 0.000000150. The second-order valence-corrected chi connectivity index (χ2v) is 15.5. The number of carbonyl (C=O) groups excluding carboxylic acids is 1. The van der Waals surface area contributed by atoms with Gasteiger partial charge in [-0.25, -0.2) is 21.6 Å². The number of aromatic nitrogens is 2. The van der Waals surface area contributed by atoms with Gasteiger partial charge in [-0.1, -0.05) is 78.9 Å². The maximum atomic E-state index is 12.7. The number of carboxylic acids is 1. The first kappa shape index (κ1) is 36.3. The molecule has 2 aromatic heterocycles. The van der Waals surface area contributed by atoms with Crippen LogP contribution in [0.25, 0.3) is 34.7 Å². The lowest BCUT2D eigenvalue weighted by Crippen LogP contribution is -2.05. The Morgan fingerprint density at radius 2 is 1.08 bits per heavy atom. The molecule has 0 spiro atoms. The number of hydrogen-bond donors (Lipinski definition) is 2. The highest BCUT2D eigenvalue weighted by atomic mass is 32.2. The molecule has 0 saturated carbocycles. The molecule has 4 heterocycles. The van der Waals surface area contributed by atoms with E-state index in [4.69, 9.17) is 10.8 Å². The highest BCUT2D eigenvalue weighted by Gasteiger charge is 2.22. The van der Waals surface area contributed by atoms with E-state index >= 15 is 0 Å². The summed E-state index contributed by atoms with van der Waals surface area (Å²) in [6.07, 6.45) is 6.41. The molecule has 0 fully saturated rings. The van der Waals surface area contributed by atoms with Crippen LogP contribution in [0.3, 0.4) is 0 Å². The first-order valence-corrected chi connectivity index (χ1v) is 19.2. The summed E-state index contributed by atoms with van der Waals surface area (Å²) in [5, 5.41) is 11.2. The smallest absolute Gasteiger partial charge is 0.335 e. The van der Waals surface area contributed by atoms with Crippen molar-refractivity contribution in [2.75, 3.05) is 5.73 Å². The highest BCUT2D eigenvalue weighted by Crippen LogP contribution is 2.29. The second-order valence-electron chi connectivity index (χ2n) is 11.9. The minimum absolute atomic E-state index is 0.0760. The summed E-state index contributed by atoms with van der Waals surface area (Å²) >= 11 is 0. The number of nitrogens with zero attached hydrogens (tertiary/aromatic N) is 2. The lowest BCUT2D eigenvalue weighted by molar-refractivity contribution is 0.0696. The zero-order valence-electron chi connectivity index (χ0n) is 27.9. The molecule has 10 nitrogen and oxygen atoms in total. The number of sulfone groups is 2. The molecular formula is C41H31N3O7S2.